The third kappa shape index (κ3) is 6.70. The maximum atomic E-state index is 12.7. The van der Waals surface area contributed by atoms with Gasteiger partial charge >= 0.3 is 0 Å². The minimum absolute atomic E-state index is 0.0225. The molecule has 1 amide bonds. The predicted octanol–water partition coefficient (Wildman–Crippen LogP) is 5.19. The molecule has 0 saturated heterocycles. The second-order valence-corrected chi connectivity index (χ2v) is 9.54. The largest absolute Gasteiger partial charge is 0.455 e. The summed E-state index contributed by atoms with van der Waals surface area (Å²) in [7, 11) is -3.67. The maximum absolute atomic E-state index is 12.7. The molecule has 0 aromatic heterocycles. The Labute approximate surface area is 191 Å². The summed E-state index contributed by atoms with van der Waals surface area (Å²) in [6, 6.07) is 20.9. The predicted molar refractivity (Wildman–Crippen MR) is 123 cm³/mol. The Hall–Kier alpha value is -2.58. The van der Waals surface area contributed by atoms with Gasteiger partial charge in [-0.2, -0.15) is 4.31 Å². The van der Waals surface area contributed by atoms with Crippen molar-refractivity contribution >= 4 is 44.8 Å². The highest BCUT2D eigenvalue weighted by molar-refractivity contribution is 7.88. The molecule has 9 heteroatoms. The number of hydrogen-bond acceptors (Lipinski definition) is 4. The number of nitrogens with one attached hydrogen (secondary N) is 1. The smallest absolute Gasteiger partial charge is 0.239 e. The number of nitrogens with zero attached hydrogens (tertiary/aromatic N) is 1. The second-order valence-electron chi connectivity index (χ2n) is 6.74. The van der Waals surface area contributed by atoms with E-state index in [9.17, 15) is 13.2 Å². The van der Waals surface area contributed by atoms with Crippen LogP contribution < -0.4 is 10.1 Å². The van der Waals surface area contributed by atoms with Gasteiger partial charge in [0.15, 0.2) is 5.75 Å². The van der Waals surface area contributed by atoms with Gasteiger partial charge in [0.1, 0.15) is 5.75 Å². The van der Waals surface area contributed by atoms with E-state index in [1.165, 1.54) is 0 Å². The quantitative estimate of drug-likeness (QED) is 0.483. The number of anilines is 1. The minimum Gasteiger partial charge on any atom is -0.455 e. The first kappa shape index (κ1) is 23.1. The highest BCUT2D eigenvalue weighted by atomic mass is 35.5. The molecule has 6 nitrogen and oxygen atoms in total. The summed E-state index contributed by atoms with van der Waals surface area (Å²) in [5.41, 5.74) is 1.04. The molecule has 0 spiro atoms. The van der Waals surface area contributed by atoms with E-state index >= 15 is 0 Å². The van der Waals surface area contributed by atoms with E-state index in [-0.39, 0.29) is 13.1 Å². The molecule has 0 fully saturated rings. The first-order valence-corrected chi connectivity index (χ1v) is 11.8. The number of hydrogen-bond donors (Lipinski definition) is 1. The number of halogens is 2. The van der Waals surface area contributed by atoms with Crippen LogP contribution in [0.5, 0.6) is 11.5 Å². The third-order valence-corrected chi connectivity index (χ3v) is 6.20. The fourth-order valence-electron chi connectivity index (χ4n) is 2.76. The summed E-state index contributed by atoms with van der Waals surface area (Å²) in [5, 5.41) is 3.40. The molecule has 31 heavy (non-hydrogen) atoms. The van der Waals surface area contributed by atoms with Crippen LogP contribution in [0.15, 0.2) is 72.8 Å². The number of sulfonamides is 1. The molecule has 0 atom stereocenters. The summed E-state index contributed by atoms with van der Waals surface area (Å²) in [4.78, 5) is 12.7. The standard InChI is InChI=1S/C22H20Cl2N2O4S/c1-31(28,29)26(14-16-11-12-18(23)19(24)13-16)15-22(27)25-20-9-5-6-10-21(20)30-17-7-3-2-4-8-17/h2-13H,14-15H2,1H3,(H,25,27). The zero-order valence-corrected chi connectivity index (χ0v) is 18.9. The number of ether oxygens (including phenoxy) is 1. The molecule has 0 bridgehead atoms. The zero-order valence-electron chi connectivity index (χ0n) is 16.6. The fraction of sp³-hybridized carbons (Fsp3) is 0.136. The Balaban J connectivity index is 1.74. The molecule has 0 aliphatic heterocycles. The van der Waals surface area contributed by atoms with E-state index in [0.717, 1.165) is 10.6 Å². The Morgan fingerprint density at radius 2 is 1.65 bits per heavy atom. The molecule has 0 heterocycles. The molecule has 0 aliphatic carbocycles. The van der Waals surface area contributed by atoms with E-state index in [1.807, 2.05) is 18.2 Å². The zero-order chi connectivity index (χ0) is 22.4. The van der Waals surface area contributed by atoms with Gasteiger partial charge < -0.3 is 10.1 Å². The van der Waals surface area contributed by atoms with Crippen molar-refractivity contribution in [2.45, 2.75) is 6.54 Å². The number of carbonyl (C=O) groups excluding carboxylic acids is 1. The van der Waals surface area contributed by atoms with E-state index in [1.54, 1.807) is 54.6 Å². The number of carbonyl (C=O) groups is 1. The fourth-order valence-corrected chi connectivity index (χ4v) is 3.81. The monoisotopic (exact) mass is 478 g/mol. The van der Waals surface area contributed by atoms with E-state index < -0.39 is 15.9 Å². The van der Waals surface area contributed by atoms with Crippen LogP contribution in [0, 0.1) is 0 Å². The van der Waals surface area contributed by atoms with Crippen LogP contribution in [0.4, 0.5) is 5.69 Å². The van der Waals surface area contributed by atoms with Crippen molar-refractivity contribution in [1.29, 1.82) is 0 Å². The average molecular weight is 479 g/mol. The normalized spacial score (nSPS) is 11.4. The lowest BCUT2D eigenvalue weighted by molar-refractivity contribution is -0.116. The van der Waals surface area contributed by atoms with Crippen molar-refractivity contribution in [3.63, 3.8) is 0 Å². The molecule has 162 valence electrons. The number of amides is 1. The molecule has 0 radical (unpaired) electrons. The van der Waals surface area contributed by atoms with Crippen molar-refractivity contribution in [2.75, 3.05) is 18.1 Å². The Bertz CT molecular complexity index is 1170. The van der Waals surface area contributed by atoms with Crippen LogP contribution in [0.1, 0.15) is 5.56 Å². The van der Waals surface area contributed by atoms with Crippen molar-refractivity contribution in [1.82, 2.24) is 4.31 Å². The van der Waals surface area contributed by atoms with Gasteiger partial charge in [-0.15, -0.1) is 0 Å². The van der Waals surface area contributed by atoms with Crippen molar-refractivity contribution in [3.8, 4) is 11.5 Å². The summed E-state index contributed by atoms with van der Waals surface area (Å²) in [6.45, 7) is -0.399. The van der Waals surface area contributed by atoms with Gasteiger partial charge in [-0.25, -0.2) is 8.42 Å². The summed E-state index contributed by atoms with van der Waals surface area (Å²) in [5.74, 6) is 0.550. The van der Waals surface area contributed by atoms with Crippen LogP contribution in [0.25, 0.3) is 0 Å². The summed E-state index contributed by atoms with van der Waals surface area (Å²) in [6.07, 6.45) is 1.05. The molecule has 0 aliphatic rings. The molecule has 3 aromatic rings. The lowest BCUT2D eigenvalue weighted by atomic mass is 10.2. The maximum Gasteiger partial charge on any atom is 0.239 e. The molecular formula is C22H20Cl2N2O4S. The second kappa shape index (κ2) is 10.2. The Morgan fingerprint density at radius 1 is 0.968 bits per heavy atom. The highest BCUT2D eigenvalue weighted by Gasteiger charge is 2.21. The van der Waals surface area contributed by atoms with Crippen LogP contribution >= 0.6 is 23.2 Å². The SMILES string of the molecule is CS(=O)(=O)N(CC(=O)Nc1ccccc1Oc1ccccc1)Cc1ccc(Cl)c(Cl)c1. The van der Waals surface area contributed by atoms with Gasteiger partial charge in [-0.05, 0) is 42.0 Å². The molecular weight excluding hydrogens is 459 g/mol. The molecule has 1 N–H and O–H groups in total. The van der Waals surface area contributed by atoms with Gasteiger partial charge in [-0.1, -0.05) is 59.6 Å². The molecule has 3 aromatic carbocycles. The van der Waals surface area contributed by atoms with Gasteiger partial charge in [0, 0.05) is 6.54 Å². The first-order chi connectivity index (χ1) is 14.7. The van der Waals surface area contributed by atoms with E-state index in [4.69, 9.17) is 27.9 Å². The number of rotatable bonds is 8. The third-order valence-electron chi connectivity index (χ3n) is 4.26. The summed E-state index contributed by atoms with van der Waals surface area (Å²) >= 11 is 11.9. The van der Waals surface area contributed by atoms with Gasteiger partial charge in [0.05, 0.1) is 28.5 Å². The molecule has 0 unspecified atom stereocenters. The minimum atomic E-state index is -3.67. The van der Waals surface area contributed by atoms with E-state index in [0.29, 0.717) is 32.8 Å². The van der Waals surface area contributed by atoms with Crippen molar-refractivity contribution in [2.24, 2.45) is 0 Å². The number of para-hydroxylation sites is 3. The van der Waals surface area contributed by atoms with Gasteiger partial charge in [0.25, 0.3) is 0 Å². The molecule has 3 rings (SSSR count). The van der Waals surface area contributed by atoms with Crippen LogP contribution in [-0.4, -0.2) is 31.4 Å². The Kier molecular flexibility index (Phi) is 7.56. The van der Waals surface area contributed by atoms with Gasteiger partial charge in [0.2, 0.25) is 15.9 Å². The average Bonchev–Trinajstić information content (AvgIpc) is 2.72. The van der Waals surface area contributed by atoms with Crippen molar-refractivity contribution in [3.05, 3.63) is 88.4 Å². The number of benzene rings is 3. The van der Waals surface area contributed by atoms with Gasteiger partial charge in [-0.3, -0.25) is 4.79 Å². The first-order valence-electron chi connectivity index (χ1n) is 9.23. The lowest BCUT2D eigenvalue weighted by Crippen LogP contribution is -2.36. The van der Waals surface area contributed by atoms with Crippen LogP contribution in [0.2, 0.25) is 10.0 Å². The van der Waals surface area contributed by atoms with Crippen LogP contribution in [-0.2, 0) is 21.4 Å². The van der Waals surface area contributed by atoms with E-state index in [2.05, 4.69) is 5.32 Å². The Morgan fingerprint density at radius 3 is 2.32 bits per heavy atom. The topological polar surface area (TPSA) is 75.7 Å². The van der Waals surface area contributed by atoms with Crippen LogP contribution in [0.3, 0.4) is 0 Å². The lowest BCUT2D eigenvalue weighted by Gasteiger charge is -2.20. The summed E-state index contributed by atoms with van der Waals surface area (Å²) < 4.78 is 31.4. The molecule has 0 saturated carbocycles. The highest BCUT2D eigenvalue weighted by Crippen LogP contribution is 2.29. The van der Waals surface area contributed by atoms with Crippen molar-refractivity contribution < 1.29 is 17.9 Å².